The summed E-state index contributed by atoms with van der Waals surface area (Å²) in [6, 6.07) is 3.75. The molecule has 0 aliphatic carbocycles. The van der Waals surface area contributed by atoms with E-state index < -0.39 is 17.9 Å². The van der Waals surface area contributed by atoms with Crippen LogP contribution in [0, 0.1) is 0 Å². The van der Waals surface area contributed by atoms with Crippen LogP contribution in [0.4, 0.5) is 0 Å². The molecular formula is C16H17NO5S2. The maximum Gasteiger partial charge on any atom is 0.326 e. The minimum Gasteiger partial charge on any atom is -0.504 e. The Labute approximate surface area is 149 Å². The van der Waals surface area contributed by atoms with Gasteiger partial charge < -0.3 is 14.9 Å². The van der Waals surface area contributed by atoms with Gasteiger partial charge in [-0.2, -0.15) is 0 Å². The van der Waals surface area contributed by atoms with E-state index in [-0.39, 0.29) is 16.5 Å². The molecular weight excluding hydrogens is 350 g/mol. The second-order valence-corrected chi connectivity index (χ2v) is 6.65. The fourth-order valence-electron chi connectivity index (χ4n) is 2.26. The summed E-state index contributed by atoms with van der Waals surface area (Å²) in [7, 11) is 0. The Morgan fingerprint density at radius 1 is 1.46 bits per heavy atom. The first-order valence-corrected chi connectivity index (χ1v) is 8.57. The predicted molar refractivity (Wildman–Crippen MR) is 96.0 cm³/mol. The number of thiocarbonyl (C=S) groups is 1. The largest absolute Gasteiger partial charge is 0.504 e. The summed E-state index contributed by atoms with van der Waals surface area (Å²) in [4.78, 5) is 25.3. The Hall–Kier alpha value is -2.06. The summed E-state index contributed by atoms with van der Waals surface area (Å²) < 4.78 is 5.54. The van der Waals surface area contributed by atoms with Gasteiger partial charge in [0, 0.05) is 0 Å². The molecule has 1 aliphatic rings. The number of carboxylic acid groups (broad SMARTS) is 1. The van der Waals surface area contributed by atoms with Crippen LogP contribution in [0.5, 0.6) is 11.5 Å². The smallest absolute Gasteiger partial charge is 0.326 e. The minimum atomic E-state index is -1.08. The van der Waals surface area contributed by atoms with E-state index in [9.17, 15) is 19.8 Å². The summed E-state index contributed by atoms with van der Waals surface area (Å²) in [6.07, 6.45) is 1.87. The Kier molecular flexibility index (Phi) is 5.84. The van der Waals surface area contributed by atoms with Crippen molar-refractivity contribution in [1.29, 1.82) is 0 Å². The number of phenolic OH excluding ortho intramolecular Hbond substituents is 1. The van der Waals surface area contributed by atoms with Gasteiger partial charge >= 0.3 is 5.97 Å². The third kappa shape index (κ3) is 3.70. The zero-order valence-corrected chi connectivity index (χ0v) is 14.8. The lowest BCUT2D eigenvalue weighted by Gasteiger charge is -2.21. The first kappa shape index (κ1) is 18.3. The molecule has 6 nitrogen and oxygen atoms in total. The lowest BCUT2D eigenvalue weighted by atomic mass is 10.1. The SMILES string of the molecule is CCOc1cc(/C=C2\SC(=S)N([C@H](CC)C(=O)O)C2=O)ccc1O. The lowest BCUT2D eigenvalue weighted by Crippen LogP contribution is -2.43. The van der Waals surface area contributed by atoms with E-state index in [1.54, 1.807) is 32.1 Å². The number of phenols is 1. The molecule has 0 bridgehead atoms. The van der Waals surface area contributed by atoms with Crippen LogP contribution in [0.15, 0.2) is 23.1 Å². The number of carbonyl (C=O) groups is 2. The zero-order valence-electron chi connectivity index (χ0n) is 13.2. The van der Waals surface area contributed by atoms with Crippen molar-refractivity contribution in [1.82, 2.24) is 4.90 Å². The van der Waals surface area contributed by atoms with Crippen LogP contribution >= 0.6 is 24.0 Å². The van der Waals surface area contributed by atoms with Gasteiger partial charge in [-0.15, -0.1) is 0 Å². The highest BCUT2D eigenvalue weighted by Crippen LogP contribution is 2.36. The van der Waals surface area contributed by atoms with Crippen molar-refractivity contribution in [3.8, 4) is 11.5 Å². The van der Waals surface area contributed by atoms with Crippen LogP contribution in [0.3, 0.4) is 0 Å². The Morgan fingerprint density at radius 3 is 2.75 bits per heavy atom. The van der Waals surface area contributed by atoms with Gasteiger partial charge in [-0.05, 0) is 37.1 Å². The quantitative estimate of drug-likeness (QED) is 0.590. The van der Waals surface area contributed by atoms with Crippen LogP contribution < -0.4 is 4.74 Å². The van der Waals surface area contributed by atoms with Crippen molar-refractivity contribution in [2.24, 2.45) is 0 Å². The van der Waals surface area contributed by atoms with Crippen LogP contribution in [-0.2, 0) is 9.59 Å². The number of aromatic hydroxyl groups is 1. The van der Waals surface area contributed by atoms with E-state index in [4.69, 9.17) is 17.0 Å². The maximum absolute atomic E-state index is 12.5. The molecule has 1 fully saturated rings. The Bertz CT molecular complexity index is 716. The topological polar surface area (TPSA) is 87.1 Å². The van der Waals surface area contributed by atoms with Crippen LogP contribution in [0.1, 0.15) is 25.8 Å². The Balaban J connectivity index is 2.32. The molecule has 1 heterocycles. The zero-order chi connectivity index (χ0) is 17.9. The number of amides is 1. The van der Waals surface area contributed by atoms with Gasteiger partial charge in [0.2, 0.25) is 0 Å². The van der Waals surface area contributed by atoms with E-state index in [0.29, 0.717) is 22.8 Å². The highest BCUT2D eigenvalue weighted by atomic mass is 32.2. The molecule has 0 radical (unpaired) electrons. The molecule has 128 valence electrons. The van der Waals surface area contributed by atoms with E-state index in [0.717, 1.165) is 16.7 Å². The number of hydrogen-bond acceptors (Lipinski definition) is 6. The predicted octanol–water partition coefficient (Wildman–Crippen LogP) is 2.86. The summed E-state index contributed by atoms with van der Waals surface area (Å²) in [6.45, 7) is 3.89. The minimum absolute atomic E-state index is 0.0125. The van der Waals surface area contributed by atoms with Gasteiger partial charge in [-0.3, -0.25) is 9.69 Å². The first-order valence-electron chi connectivity index (χ1n) is 7.34. The molecule has 1 aromatic rings. The summed E-state index contributed by atoms with van der Waals surface area (Å²) in [5, 5.41) is 19.0. The van der Waals surface area contributed by atoms with Gasteiger partial charge in [0.05, 0.1) is 11.5 Å². The number of carboxylic acids is 1. The molecule has 8 heteroatoms. The highest BCUT2D eigenvalue weighted by Gasteiger charge is 2.39. The normalized spacial score (nSPS) is 17.4. The summed E-state index contributed by atoms with van der Waals surface area (Å²) in [5.41, 5.74) is 0.653. The van der Waals surface area contributed by atoms with E-state index in [1.165, 1.54) is 6.07 Å². The van der Waals surface area contributed by atoms with E-state index in [1.807, 2.05) is 0 Å². The second kappa shape index (κ2) is 7.67. The van der Waals surface area contributed by atoms with Crippen molar-refractivity contribution >= 4 is 46.3 Å². The van der Waals surface area contributed by atoms with Crippen molar-refractivity contribution in [2.75, 3.05) is 6.61 Å². The molecule has 1 aromatic carbocycles. The molecule has 1 aliphatic heterocycles. The van der Waals surface area contributed by atoms with Gasteiger partial charge in [0.1, 0.15) is 10.4 Å². The first-order chi connectivity index (χ1) is 11.4. The highest BCUT2D eigenvalue weighted by molar-refractivity contribution is 8.26. The van der Waals surface area contributed by atoms with Gasteiger partial charge in [0.25, 0.3) is 5.91 Å². The van der Waals surface area contributed by atoms with Crippen molar-refractivity contribution in [2.45, 2.75) is 26.3 Å². The molecule has 2 rings (SSSR count). The molecule has 0 unspecified atom stereocenters. The van der Waals surface area contributed by atoms with Crippen molar-refractivity contribution in [3.05, 3.63) is 28.7 Å². The second-order valence-electron chi connectivity index (χ2n) is 4.97. The molecule has 24 heavy (non-hydrogen) atoms. The monoisotopic (exact) mass is 367 g/mol. The fraction of sp³-hybridized carbons (Fsp3) is 0.312. The maximum atomic E-state index is 12.5. The number of nitrogens with zero attached hydrogens (tertiary/aromatic N) is 1. The standard InChI is InChI=1S/C16H17NO5S2/c1-3-10(15(20)21)17-14(19)13(24-16(17)23)8-9-5-6-11(18)12(7-9)22-4-2/h5-8,10,18H,3-4H2,1-2H3,(H,20,21)/b13-8-/t10-/m1/s1. The lowest BCUT2D eigenvalue weighted by molar-refractivity contribution is -0.145. The third-order valence-electron chi connectivity index (χ3n) is 3.39. The van der Waals surface area contributed by atoms with Gasteiger partial charge in [-0.25, -0.2) is 4.79 Å². The number of rotatable bonds is 6. The number of ether oxygens (including phenoxy) is 1. The number of aliphatic carboxylic acids is 1. The molecule has 0 aromatic heterocycles. The average molecular weight is 367 g/mol. The molecule has 0 saturated carbocycles. The van der Waals surface area contributed by atoms with E-state index >= 15 is 0 Å². The van der Waals surface area contributed by atoms with Gasteiger partial charge in [0.15, 0.2) is 11.5 Å². The number of benzene rings is 1. The molecule has 1 atom stereocenters. The summed E-state index contributed by atoms with van der Waals surface area (Å²) >= 11 is 6.22. The van der Waals surface area contributed by atoms with Crippen LogP contribution in [-0.4, -0.2) is 44.0 Å². The summed E-state index contributed by atoms with van der Waals surface area (Å²) in [5.74, 6) is -1.18. The van der Waals surface area contributed by atoms with Gasteiger partial charge in [-0.1, -0.05) is 37.0 Å². The Morgan fingerprint density at radius 2 is 2.17 bits per heavy atom. The fourth-order valence-corrected chi connectivity index (χ4v) is 3.62. The molecule has 2 N–H and O–H groups in total. The average Bonchev–Trinajstić information content (AvgIpc) is 2.79. The van der Waals surface area contributed by atoms with E-state index in [2.05, 4.69) is 0 Å². The molecule has 1 amide bonds. The number of hydrogen-bond donors (Lipinski definition) is 2. The number of thioether (sulfide) groups is 1. The number of carbonyl (C=O) groups excluding carboxylic acids is 1. The van der Waals surface area contributed by atoms with Crippen molar-refractivity contribution in [3.63, 3.8) is 0 Å². The molecule has 0 spiro atoms. The third-order valence-corrected chi connectivity index (χ3v) is 4.72. The van der Waals surface area contributed by atoms with Crippen molar-refractivity contribution < 1.29 is 24.5 Å². The van der Waals surface area contributed by atoms with Crippen LogP contribution in [0.25, 0.3) is 6.08 Å². The molecule has 1 saturated heterocycles. The van der Waals surface area contributed by atoms with Crippen LogP contribution in [0.2, 0.25) is 0 Å².